The summed E-state index contributed by atoms with van der Waals surface area (Å²) in [6.45, 7) is 3.38. The van der Waals surface area contributed by atoms with Gasteiger partial charge in [0.15, 0.2) is 0 Å². The fraction of sp³-hybridized carbons (Fsp3) is 0.583. The molecular weight excluding hydrogens is 272 g/mol. The number of thiophene rings is 1. The van der Waals surface area contributed by atoms with Crippen LogP contribution >= 0.6 is 23.7 Å². The van der Waals surface area contributed by atoms with Crippen molar-refractivity contribution < 1.29 is 9.53 Å². The molecule has 1 N–H and O–H groups in total. The molecule has 0 spiro atoms. The molecule has 6 heteroatoms. The molecule has 0 saturated carbocycles. The Hall–Kier alpha value is -0.620. The number of hydrogen-bond donors (Lipinski definition) is 1. The van der Waals surface area contributed by atoms with Crippen LogP contribution in [0.1, 0.15) is 10.4 Å². The van der Waals surface area contributed by atoms with E-state index >= 15 is 0 Å². The molecule has 1 aliphatic heterocycles. The van der Waals surface area contributed by atoms with Crippen LogP contribution in [0.4, 0.5) is 0 Å². The van der Waals surface area contributed by atoms with Crippen molar-refractivity contribution in [2.45, 2.75) is 13.0 Å². The van der Waals surface area contributed by atoms with Gasteiger partial charge in [-0.1, -0.05) is 0 Å². The highest BCUT2D eigenvalue weighted by molar-refractivity contribution is 7.10. The summed E-state index contributed by atoms with van der Waals surface area (Å²) in [4.78, 5) is 15.3. The second kappa shape index (κ2) is 7.74. The SMILES string of the molecule is COCCNCC(=O)N1CCc2sccc2C1.Cl. The molecule has 0 saturated heterocycles. The monoisotopic (exact) mass is 290 g/mol. The third-order valence-electron chi connectivity index (χ3n) is 2.92. The largest absolute Gasteiger partial charge is 0.383 e. The summed E-state index contributed by atoms with van der Waals surface area (Å²) in [5.74, 6) is 0.179. The van der Waals surface area contributed by atoms with Crippen LogP contribution in [-0.4, -0.2) is 44.2 Å². The summed E-state index contributed by atoms with van der Waals surface area (Å²) in [7, 11) is 1.66. The van der Waals surface area contributed by atoms with Gasteiger partial charge in [-0.25, -0.2) is 0 Å². The molecule has 2 heterocycles. The molecule has 1 aromatic rings. The third kappa shape index (κ3) is 3.95. The van der Waals surface area contributed by atoms with Crippen LogP contribution in [0.25, 0.3) is 0 Å². The average molecular weight is 291 g/mol. The van der Waals surface area contributed by atoms with E-state index in [-0.39, 0.29) is 18.3 Å². The number of carbonyl (C=O) groups is 1. The van der Waals surface area contributed by atoms with Gasteiger partial charge in [0.05, 0.1) is 13.2 Å². The third-order valence-corrected chi connectivity index (χ3v) is 3.94. The highest BCUT2D eigenvalue weighted by atomic mass is 35.5. The van der Waals surface area contributed by atoms with Gasteiger partial charge in [0.1, 0.15) is 0 Å². The molecule has 1 amide bonds. The van der Waals surface area contributed by atoms with Gasteiger partial charge in [-0.2, -0.15) is 0 Å². The van der Waals surface area contributed by atoms with E-state index in [0.29, 0.717) is 13.2 Å². The van der Waals surface area contributed by atoms with Gasteiger partial charge >= 0.3 is 0 Å². The minimum absolute atomic E-state index is 0. The van der Waals surface area contributed by atoms with E-state index in [4.69, 9.17) is 4.74 Å². The maximum atomic E-state index is 11.9. The van der Waals surface area contributed by atoms with Crippen LogP contribution < -0.4 is 5.32 Å². The van der Waals surface area contributed by atoms with Gasteiger partial charge in [0.2, 0.25) is 5.91 Å². The molecule has 0 aromatic carbocycles. The highest BCUT2D eigenvalue weighted by Crippen LogP contribution is 2.23. The minimum Gasteiger partial charge on any atom is -0.383 e. The van der Waals surface area contributed by atoms with Crippen LogP contribution in [0.2, 0.25) is 0 Å². The molecule has 102 valence electrons. The van der Waals surface area contributed by atoms with Crippen LogP contribution in [0.5, 0.6) is 0 Å². The van der Waals surface area contributed by atoms with E-state index in [1.165, 1.54) is 10.4 Å². The first kappa shape index (κ1) is 15.4. The van der Waals surface area contributed by atoms with Crippen molar-refractivity contribution >= 4 is 29.7 Å². The van der Waals surface area contributed by atoms with Crippen molar-refractivity contribution in [2.75, 3.05) is 33.4 Å². The number of halogens is 1. The van der Waals surface area contributed by atoms with Gasteiger partial charge in [-0.15, -0.1) is 23.7 Å². The van der Waals surface area contributed by atoms with Crippen LogP contribution in [0, 0.1) is 0 Å². The molecule has 4 nitrogen and oxygen atoms in total. The lowest BCUT2D eigenvalue weighted by atomic mass is 10.1. The second-order valence-corrected chi connectivity index (χ2v) is 5.10. The quantitative estimate of drug-likeness (QED) is 0.831. The first-order chi connectivity index (χ1) is 8.31. The molecular formula is C12H19ClN2O2S. The Balaban J connectivity index is 0.00000162. The van der Waals surface area contributed by atoms with Gasteiger partial charge < -0.3 is 15.0 Å². The normalized spacial score (nSPS) is 13.9. The van der Waals surface area contributed by atoms with Gasteiger partial charge in [-0.3, -0.25) is 4.79 Å². The average Bonchev–Trinajstić information content (AvgIpc) is 2.81. The van der Waals surface area contributed by atoms with E-state index in [2.05, 4.69) is 16.8 Å². The summed E-state index contributed by atoms with van der Waals surface area (Å²) in [5, 5.41) is 5.19. The van der Waals surface area contributed by atoms with Gasteiger partial charge in [0, 0.05) is 31.6 Å². The molecule has 0 fully saturated rings. The Morgan fingerprint density at radius 2 is 2.44 bits per heavy atom. The Kier molecular flexibility index (Phi) is 6.63. The number of nitrogens with zero attached hydrogens (tertiary/aromatic N) is 1. The Bertz CT molecular complexity index is 384. The molecule has 0 bridgehead atoms. The maximum Gasteiger partial charge on any atom is 0.236 e. The fourth-order valence-electron chi connectivity index (χ4n) is 1.94. The number of carbonyl (C=O) groups excluding carboxylic acids is 1. The lowest BCUT2D eigenvalue weighted by molar-refractivity contribution is -0.131. The number of fused-ring (bicyclic) bond motifs is 1. The van der Waals surface area contributed by atoms with Crippen molar-refractivity contribution in [1.29, 1.82) is 0 Å². The predicted octanol–water partition coefficient (Wildman–Crippen LogP) is 1.29. The smallest absolute Gasteiger partial charge is 0.236 e. The standard InChI is InChI=1S/C12H18N2O2S.ClH/c1-16-6-4-13-8-12(15)14-5-2-11-10(9-14)3-7-17-11;/h3,7,13H,2,4-6,8-9H2,1H3;1H. The summed E-state index contributed by atoms with van der Waals surface area (Å²) >= 11 is 1.79. The number of methoxy groups -OCH3 is 1. The van der Waals surface area contributed by atoms with Crippen LogP contribution in [-0.2, 0) is 22.5 Å². The Labute approximate surface area is 118 Å². The van der Waals surface area contributed by atoms with Crippen LogP contribution in [0.3, 0.4) is 0 Å². The van der Waals surface area contributed by atoms with E-state index < -0.39 is 0 Å². The van der Waals surface area contributed by atoms with Crippen LogP contribution in [0.15, 0.2) is 11.4 Å². The minimum atomic E-state index is 0. The highest BCUT2D eigenvalue weighted by Gasteiger charge is 2.20. The molecule has 0 unspecified atom stereocenters. The van der Waals surface area contributed by atoms with E-state index in [0.717, 1.165) is 26.1 Å². The first-order valence-electron chi connectivity index (χ1n) is 5.84. The number of hydrogen-bond acceptors (Lipinski definition) is 4. The first-order valence-corrected chi connectivity index (χ1v) is 6.72. The number of amides is 1. The van der Waals surface area contributed by atoms with E-state index in [1.807, 2.05) is 4.90 Å². The molecule has 0 aliphatic carbocycles. The summed E-state index contributed by atoms with van der Waals surface area (Å²) in [6.07, 6.45) is 0.997. The zero-order chi connectivity index (χ0) is 12.1. The zero-order valence-electron chi connectivity index (χ0n) is 10.5. The summed E-state index contributed by atoms with van der Waals surface area (Å²) in [6, 6.07) is 2.12. The maximum absolute atomic E-state index is 11.9. The molecule has 0 radical (unpaired) electrons. The predicted molar refractivity (Wildman–Crippen MR) is 75.4 cm³/mol. The van der Waals surface area contributed by atoms with Crippen molar-refractivity contribution in [3.8, 4) is 0 Å². The summed E-state index contributed by atoms with van der Waals surface area (Å²) < 4.78 is 4.92. The molecule has 1 aliphatic rings. The molecule has 2 rings (SSSR count). The van der Waals surface area contributed by atoms with Gasteiger partial charge in [0.25, 0.3) is 0 Å². The fourth-order valence-corrected chi connectivity index (χ4v) is 2.83. The zero-order valence-corrected chi connectivity index (χ0v) is 12.1. The lowest BCUT2D eigenvalue weighted by Gasteiger charge is -2.27. The molecule has 0 atom stereocenters. The molecule has 18 heavy (non-hydrogen) atoms. The van der Waals surface area contributed by atoms with Crippen molar-refractivity contribution in [2.24, 2.45) is 0 Å². The number of nitrogens with one attached hydrogen (secondary N) is 1. The Morgan fingerprint density at radius 3 is 3.22 bits per heavy atom. The van der Waals surface area contributed by atoms with E-state index in [9.17, 15) is 4.79 Å². The lowest BCUT2D eigenvalue weighted by Crippen LogP contribution is -2.41. The second-order valence-electron chi connectivity index (χ2n) is 4.10. The Morgan fingerprint density at radius 1 is 1.61 bits per heavy atom. The summed E-state index contributed by atoms with van der Waals surface area (Å²) in [5.41, 5.74) is 1.31. The topological polar surface area (TPSA) is 41.6 Å². The van der Waals surface area contributed by atoms with Crippen molar-refractivity contribution in [3.05, 3.63) is 21.9 Å². The van der Waals surface area contributed by atoms with E-state index in [1.54, 1.807) is 18.4 Å². The van der Waals surface area contributed by atoms with Gasteiger partial charge in [-0.05, 0) is 23.4 Å². The number of rotatable bonds is 5. The molecule has 1 aromatic heterocycles. The number of ether oxygens (including phenoxy) is 1. The van der Waals surface area contributed by atoms with Crippen molar-refractivity contribution in [3.63, 3.8) is 0 Å². The van der Waals surface area contributed by atoms with Crippen molar-refractivity contribution in [1.82, 2.24) is 10.2 Å².